The van der Waals surface area contributed by atoms with E-state index in [1.165, 1.54) is 0 Å². The highest BCUT2D eigenvalue weighted by Crippen LogP contribution is 2.09. The smallest absolute Gasteiger partial charge is 0.224 e. The molecule has 0 saturated carbocycles. The van der Waals surface area contributed by atoms with Crippen LogP contribution in [0, 0.1) is 0 Å². The number of aromatic nitrogens is 1. The van der Waals surface area contributed by atoms with Crippen molar-refractivity contribution in [3.63, 3.8) is 0 Å². The highest BCUT2D eigenvalue weighted by atomic mass is 16.3. The zero-order valence-electron chi connectivity index (χ0n) is 9.84. The van der Waals surface area contributed by atoms with Gasteiger partial charge in [-0.05, 0) is 35.4 Å². The van der Waals surface area contributed by atoms with Crippen molar-refractivity contribution in [3.05, 3.63) is 59.9 Å². The summed E-state index contributed by atoms with van der Waals surface area (Å²) in [7, 11) is 0. The minimum atomic E-state index is -0.0331. The second-order valence-corrected chi connectivity index (χ2v) is 3.98. The summed E-state index contributed by atoms with van der Waals surface area (Å²) in [6.45, 7) is 0.462. The molecule has 18 heavy (non-hydrogen) atoms. The maximum atomic E-state index is 11.7. The van der Waals surface area contributed by atoms with Gasteiger partial charge in [0.1, 0.15) is 5.75 Å². The van der Waals surface area contributed by atoms with Gasteiger partial charge in [0, 0.05) is 18.9 Å². The van der Waals surface area contributed by atoms with Crippen molar-refractivity contribution in [2.24, 2.45) is 0 Å². The van der Waals surface area contributed by atoms with Crippen LogP contribution in [0.15, 0.2) is 48.8 Å². The Morgan fingerprint density at radius 1 is 1.06 bits per heavy atom. The van der Waals surface area contributed by atoms with E-state index in [0.29, 0.717) is 13.0 Å². The van der Waals surface area contributed by atoms with Crippen molar-refractivity contribution in [2.45, 2.75) is 13.0 Å². The molecular formula is C14H14N2O2. The molecule has 0 unspecified atom stereocenters. The summed E-state index contributed by atoms with van der Waals surface area (Å²) in [5, 5.41) is 12.0. The predicted octanol–water partition coefficient (Wildman–Crippen LogP) is 1.65. The third kappa shape index (κ3) is 3.59. The first-order chi connectivity index (χ1) is 8.74. The number of nitrogens with one attached hydrogen (secondary N) is 1. The molecule has 2 rings (SSSR count). The standard InChI is InChI=1S/C14H14N2O2/c17-13-3-1-12(2-4-13)10-16-14(18)9-11-5-7-15-8-6-11/h1-8,17H,9-10H2,(H,16,18). The molecule has 1 heterocycles. The maximum absolute atomic E-state index is 11.7. The Labute approximate surface area is 105 Å². The summed E-state index contributed by atoms with van der Waals surface area (Å²) in [5.41, 5.74) is 1.89. The third-order valence-electron chi connectivity index (χ3n) is 2.54. The lowest BCUT2D eigenvalue weighted by Crippen LogP contribution is -2.24. The van der Waals surface area contributed by atoms with Gasteiger partial charge >= 0.3 is 0 Å². The average Bonchev–Trinajstić information content (AvgIpc) is 2.39. The van der Waals surface area contributed by atoms with Crippen LogP contribution in [-0.4, -0.2) is 16.0 Å². The van der Waals surface area contributed by atoms with E-state index in [2.05, 4.69) is 10.3 Å². The van der Waals surface area contributed by atoms with Gasteiger partial charge in [-0.1, -0.05) is 12.1 Å². The molecule has 0 fully saturated rings. The quantitative estimate of drug-likeness (QED) is 0.856. The molecule has 0 bridgehead atoms. The van der Waals surface area contributed by atoms with E-state index in [0.717, 1.165) is 11.1 Å². The molecule has 2 aromatic rings. The van der Waals surface area contributed by atoms with Gasteiger partial charge < -0.3 is 10.4 Å². The Morgan fingerprint density at radius 3 is 2.39 bits per heavy atom. The number of carbonyl (C=O) groups is 1. The number of benzene rings is 1. The topological polar surface area (TPSA) is 62.2 Å². The Kier molecular flexibility index (Phi) is 3.91. The van der Waals surface area contributed by atoms with E-state index in [9.17, 15) is 4.79 Å². The van der Waals surface area contributed by atoms with Crippen LogP contribution in [-0.2, 0) is 17.8 Å². The van der Waals surface area contributed by atoms with E-state index in [-0.39, 0.29) is 11.7 Å². The molecule has 92 valence electrons. The molecule has 0 aliphatic carbocycles. The van der Waals surface area contributed by atoms with Crippen LogP contribution in [0.4, 0.5) is 0 Å². The number of phenols is 1. The first-order valence-corrected chi connectivity index (χ1v) is 5.67. The van der Waals surface area contributed by atoms with Crippen molar-refractivity contribution in [3.8, 4) is 5.75 Å². The zero-order chi connectivity index (χ0) is 12.8. The zero-order valence-corrected chi connectivity index (χ0v) is 9.84. The van der Waals surface area contributed by atoms with Crippen LogP contribution in [0.25, 0.3) is 0 Å². The van der Waals surface area contributed by atoms with Crippen molar-refractivity contribution in [2.75, 3.05) is 0 Å². The predicted molar refractivity (Wildman–Crippen MR) is 67.9 cm³/mol. The maximum Gasteiger partial charge on any atom is 0.224 e. The molecular weight excluding hydrogens is 228 g/mol. The lowest BCUT2D eigenvalue weighted by molar-refractivity contribution is -0.120. The fourth-order valence-electron chi connectivity index (χ4n) is 1.56. The van der Waals surface area contributed by atoms with Crippen molar-refractivity contribution in [1.82, 2.24) is 10.3 Å². The van der Waals surface area contributed by atoms with E-state index in [4.69, 9.17) is 5.11 Å². The van der Waals surface area contributed by atoms with E-state index < -0.39 is 0 Å². The fraction of sp³-hybridized carbons (Fsp3) is 0.143. The average molecular weight is 242 g/mol. The van der Waals surface area contributed by atoms with Crippen molar-refractivity contribution < 1.29 is 9.90 Å². The SMILES string of the molecule is O=C(Cc1ccncc1)NCc1ccc(O)cc1. The van der Waals surface area contributed by atoms with Crippen LogP contribution in [0.5, 0.6) is 5.75 Å². The fourth-order valence-corrected chi connectivity index (χ4v) is 1.56. The summed E-state index contributed by atoms with van der Waals surface area (Å²) in [5.74, 6) is 0.191. The van der Waals surface area contributed by atoms with Gasteiger partial charge in [0.05, 0.1) is 6.42 Å². The molecule has 2 N–H and O–H groups in total. The minimum Gasteiger partial charge on any atom is -0.508 e. The molecule has 1 amide bonds. The summed E-state index contributed by atoms with van der Waals surface area (Å²) >= 11 is 0. The molecule has 0 saturated heterocycles. The number of aromatic hydroxyl groups is 1. The minimum absolute atomic E-state index is 0.0331. The van der Waals surface area contributed by atoms with Gasteiger partial charge in [-0.15, -0.1) is 0 Å². The molecule has 4 heteroatoms. The van der Waals surface area contributed by atoms with Gasteiger partial charge in [-0.3, -0.25) is 9.78 Å². The Hall–Kier alpha value is -2.36. The van der Waals surface area contributed by atoms with Crippen LogP contribution < -0.4 is 5.32 Å². The lowest BCUT2D eigenvalue weighted by Gasteiger charge is -2.05. The molecule has 0 atom stereocenters. The normalized spacial score (nSPS) is 10.0. The van der Waals surface area contributed by atoms with Gasteiger partial charge in [-0.2, -0.15) is 0 Å². The molecule has 0 aliphatic heterocycles. The van der Waals surface area contributed by atoms with Crippen LogP contribution >= 0.6 is 0 Å². The largest absolute Gasteiger partial charge is 0.508 e. The Balaban J connectivity index is 1.83. The highest BCUT2D eigenvalue weighted by Gasteiger charge is 2.02. The van der Waals surface area contributed by atoms with E-state index in [1.54, 1.807) is 36.7 Å². The summed E-state index contributed by atoms with van der Waals surface area (Å²) < 4.78 is 0. The van der Waals surface area contributed by atoms with Gasteiger partial charge in [-0.25, -0.2) is 0 Å². The number of phenolic OH excluding ortho intramolecular Hbond substituents is 1. The van der Waals surface area contributed by atoms with Crippen molar-refractivity contribution in [1.29, 1.82) is 0 Å². The molecule has 0 spiro atoms. The Bertz CT molecular complexity index is 509. The van der Waals surface area contributed by atoms with Crippen LogP contribution in [0.2, 0.25) is 0 Å². The van der Waals surface area contributed by atoms with Crippen LogP contribution in [0.1, 0.15) is 11.1 Å². The monoisotopic (exact) mass is 242 g/mol. The number of pyridine rings is 1. The molecule has 0 aliphatic rings. The number of nitrogens with zero attached hydrogens (tertiary/aromatic N) is 1. The van der Waals surface area contributed by atoms with Gasteiger partial charge in [0.25, 0.3) is 0 Å². The first-order valence-electron chi connectivity index (χ1n) is 5.67. The number of hydrogen-bond acceptors (Lipinski definition) is 3. The molecule has 1 aromatic carbocycles. The van der Waals surface area contributed by atoms with Gasteiger partial charge in [0.2, 0.25) is 5.91 Å². The number of hydrogen-bond donors (Lipinski definition) is 2. The second-order valence-electron chi connectivity index (χ2n) is 3.98. The number of amides is 1. The number of carbonyl (C=O) groups excluding carboxylic acids is 1. The summed E-state index contributed by atoms with van der Waals surface area (Å²) in [6.07, 6.45) is 3.69. The lowest BCUT2D eigenvalue weighted by atomic mass is 10.2. The highest BCUT2D eigenvalue weighted by molar-refractivity contribution is 5.78. The van der Waals surface area contributed by atoms with Crippen molar-refractivity contribution >= 4 is 5.91 Å². The molecule has 1 aromatic heterocycles. The number of rotatable bonds is 4. The Morgan fingerprint density at radius 2 is 1.72 bits per heavy atom. The summed E-state index contributed by atoms with van der Waals surface area (Å²) in [6, 6.07) is 10.4. The first kappa shape index (κ1) is 12.1. The van der Waals surface area contributed by atoms with Crippen LogP contribution in [0.3, 0.4) is 0 Å². The second kappa shape index (κ2) is 5.82. The summed E-state index contributed by atoms with van der Waals surface area (Å²) in [4.78, 5) is 15.6. The van der Waals surface area contributed by atoms with E-state index >= 15 is 0 Å². The molecule has 0 radical (unpaired) electrons. The van der Waals surface area contributed by atoms with Gasteiger partial charge in [0.15, 0.2) is 0 Å². The van der Waals surface area contributed by atoms with E-state index in [1.807, 2.05) is 12.1 Å². The third-order valence-corrected chi connectivity index (χ3v) is 2.54. The molecule has 4 nitrogen and oxygen atoms in total.